The minimum absolute atomic E-state index is 0.223. The van der Waals surface area contributed by atoms with Gasteiger partial charge in [-0.3, -0.25) is 14.6 Å². The number of para-hydroxylation sites is 2. The summed E-state index contributed by atoms with van der Waals surface area (Å²) in [5.41, 5.74) is 10.7. The fraction of sp³-hybridized carbons (Fsp3) is 0.167. The number of fused-ring (bicyclic) bond motifs is 2. The zero-order valence-electron chi connectivity index (χ0n) is 17.0. The first-order valence-electron chi connectivity index (χ1n) is 10.1. The molecule has 7 nitrogen and oxygen atoms in total. The highest BCUT2D eigenvalue weighted by atomic mass is 16.2. The molecule has 0 spiro atoms. The summed E-state index contributed by atoms with van der Waals surface area (Å²) in [7, 11) is 1.74. The Hall–Kier alpha value is -4.00. The number of aromatic nitrogens is 1. The van der Waals surface area contributed by atoms with E-state index < -0.39 is 18.1 Å². The summed E-state index contributed by atoms with van der Waals surface area (Å²) in [6.45, 7) is 0. The average Bonchev–Trinajstić information content (AvgIpc) is 3.15. The van der Waals surface area contributed by atoms with Crippen LogP contribution in [-0.4, -0.2) is 41.8 Å². The molecular formula is C24H21N5O2. The molecular weight excluding hydrogens is 390 g/mol. The molecule has 2 aliphatic heterocycles. The fourth-order valence-electron chi connectivity index (χ4n) is 4.38. The number of pyridine rings is 1. The Bertz CT molecular complexity index is 1210. The van der Waals surface area contributed by atoms with Gasteiger partial charge in [-0.2, -0.15) is 0 Å². The SMILES string of the molecule is CN1C(=O)C(N2c3ccccc3CC2C(N)=O)N=C(c2ccncc2)c2ccccc21. The number of nitrogens with zero attached hydrogens (tertiary/aromatic N) is 4. The minimum Gasteiger partial charge on any atom is -0.368 e. The second-order valence-corrected chi connectivity index (χ2v) is 7.66. The van der Waals surface area contributed by atoms with E-state index in [9.17, 15) is 9.59 Å². The van der Waals surface area contributed by atoms with Crippen molar-refractivity contribution in [2.45, 2.75) is 18.6 Å². The first-order valence-corrected chi connectivity index (χ1v) is 10.1. The number of amides is 2. The van der Waals surface area contributed by atoms with Crippen molar-refractivity contribution in [3.63, 3.8) is 0 Å². The molecule has 154 valence electrons. The molecule has 1 aromatic heterocycles. The summed E-state index contributed by atoms with van der Waals surface area (Å²) < 4.78 is 0. The van der Waals surface area contributed by atoms with Gasteiger partial charge in [0.15, 0.2) is 0 Å². The van der Waals surface area contributed by atoms with Crippen LogP contribution < -0.4 is 15.5 Å². The van der Waals surface area contributed by atoms with Crippen molar-refractivity contribution in [3.05, 3.63) is 89.7 Å². The molecule has 2 amide bonds. The van der Waals surface area contributed by atoms with Crippen LogP contribution in [0.4, 0.5) is 11.4 Å². The van der Waals surface area contributed by atoms with E-state index in [0.29, 0.717) is 12.1 Å². The summed E-state index contributed by atoms with van der Waals surface area (Å²) >= 11 is 0. The number of benzene rings is 2. The molecule has 2 aliphatic rings. The molecule has 0 radical (unpaired) electrons. The van der Waals surface area contributed by atoms with E-state index in [-0.39, 0.29) is 5.91 Å². The Labute approximate surface area is 179 Å². The molecule has 2 unspecified atom stereocenters. The molecule has 3 aromatic rings. The second kappa shape index (κ2) is 7.36. The Kier molecular flexibility index (Phi) is 4.51. The first-order chi connectivity index (χ1) is 15.1. The molecule has 0 aliphatic carbocycles. The van der Waals surface area contributed by atoms with Crippen molar-refractivity contribution in [1.82, 2.24) is 4.98 Å². The molecule has 2 N–H and O–H groups in total. The van der Waals surface area contributed by atoms with E-state index >= 15 is 0 Å². The monoisotopic (exact) mass is 411 g/mol. The number of carbonyl (C=O) groups is 2. The van der Waals surface area contributed by atoms with Crippen molar-refractivity contribution in [1.29, 1.82) is 0 Å². The number of hydrogen-bond donors (Lipinski definition) is 1. The van der Waals surface area contributed by atoms with Crippen LogP contribution in [-0.2, 0) is 16.0 Å². The van der Waals surface area contributed by atoms with Gasteiger partial charge in [0.25, 0.3) is 5.91 Å². The molecule has 3 heterocycles. The van der Waals surface area contributed by atoms with Crippen LogP contribution in [0.25, 0.3) is 0 Å². The normalized spacial score (nSPS) is 20.0. The molecule has 0 bridgehead atoms. The first kappa shape index (κ1) is 19.0. The second-order valence-electron chi connectivity index (χ2n) is 7.66. The molecule has 7 heteroatoms. The summed E-state index contributed by atoms with van der Waals surface area (Å²) in [6, 6.07) is 18.4. The van der Waals surface area contributed by atoms with Crippen LogP contribution in [0, 0.1) is 0 Å². The number of primary amides is 1. The van der Waals surface area contributed by atoms with E-state index in [2.05, 4.69) is 4.98 Å². The van der Waals surface area contributed by atoms with Crippen LogP contribution in [0.1, 0.15) is 16.7 Å². The van der Waals surface area contributed by atoms with Gasteiger partial charge in [-0.05, 0) is 29.8 Å². The van der Waals surface area contributed by atoms with Gasteiger partial charge in [0, 0.05) is 42.7 Å². The van der Waals surface area contributed by atoms with Gasteiger partial charge in [-0.15, -0.1) is 0 Å². The van der Waals surface area contributed by atoms with E-state index in [1.807, 2.05) is 60.7 Å². The lowest BCUT2D eigenvalue weighted by Gasteiger charge is -2.32. The van der Waals surface area contributed by atoms with Crippen molar-refractivity contribution < 1.29 is 9.59 Å². The van der Waals surface area contributed by atoms with Crippen LogP contribution in [0.3, 0.4) is 0 Å². The van der Waals surface area contributed by atoms with Crippen molar-refractivity contribution in [2.24, 2.45) is 10.7 Å². The number of benzodiazepines with no additional fused rings is 1. The molecule has 0 fully saturated rings. The predicted molar refractivity (Wildman–Crippen MR) is 119 cm³/mol. The van der Waals surface area contributed by atoms with Gasteiger partial charge in [-0.25, -0.2) is 4.99 Å². The molecule has 5 rings (SSSR count). The van der Waals surface area contributed by atoms with Gasteiger partial charge in [0.2, 0.25) is 12.1 Å². The maximum atomic E-state index is 13.7. The molecule has 2 atom stereocenters. The zero-order chi connectivity index (χ0) is 21.5. The van der Waals surface area contributed by atoms with Crippen LogP contribution in [0.5, 0.6) is 0 Å². The third-order valence-electron chi connectivity index (χ3n) is 5.89. The molecule has 0 saturated carbocycles. The number of nitrogens with two attached hydrogens (primary N) is 1. The predicted octanol–water partition coefficient (Wildman–Crippen LogP) is 2.14. The smallest absolute Gasteiger partial charge is 0.272 e. The highest BCUT2D eigenvalue weighted by Crippen LogP contribution is 2.37. The number of aliphatic imine (C=N–C) groups is 1. The maximum Gasteiger partial charge on any atom is 0.272 e. The maximum absolute atomic E-state index is 13.7. The Morgan fingerprint density at radius 2 is 1.68 bits per heavy atom. The summed E-state index contributed by atoms with van der Waals surface area (Å²) in [5.74, 6) is -0.700. The van der Waals surface area contributed by atoms with Crippen molar-refractivity contribution >= 4 is 28.9 Å². The van der Waals surface area contributed by atoms with Crippen LogP contribution in [0.15, 0.2) is 78.0 Å². The Morgan fingerprint density at radius 1 is 1.00 bits per heavy atom. The summed E-state index contributed by atoms with van der Waals surface area (Å²) in [4.78, 5) is 38.5. The lowest BCUT2D eigenvalue weighted by Crippen LogP contribution is -2.53. The van der Waals surface area contributed by atoms with E-state index in [0.717, 1.165) is 28.1 Å². The fourth-order valence-corrected chi connectivity index (χ4v) is 4.38. The number of hydrogen-bond acceptors (Lipinski definition) is 5. The van der Waals surface area contributed by atoms with Gasteiger partial charge in [0.1, 0.15) is 6.04 Å². The third-order valence-corrected chi connectivity index (χ3v) is 5.89. The lowest BCUT2D eigenvalue weighted by atomic mass is 10.0. The number of anilines is 2. The highest BCUT2D eigenvalue weighted by Gasteiger charge is 2.43. The molecule has 0 saturated heterocycles. The summed E-state index contributed by atoms with van der Waals surface area (Å²) in [6.07, 6.45) is 2.92. The van der Waals surface area contributed by atoms with E-state index in [1.54, 1.807) is 29.2 Å². The van der Waals surface area contributed by atoms with Gasteiger partial charge >= 0.3 is 0 Å². The van der Waals surface area contributed by atoms with E-state index in [1.165, 1.54) is 0 Å². The van der Waals surface area contributed by atoms with Crippen molar-refractivity contribution in [3.8, 4) is 0 Å². The summed E-state index contributed by atoms with van der Waals surface area (Å²) in [5, 5.41) is 0. The molecule has 31 heavy (non-hydrogen) atoms. The van der Waals surface area contributed by atoms with Gasteiger partial charge in [0.05, 0.1) is 11.4 Å². The van der Waals surface area contributed by atoms with Gasteiger partial charge < -0.3 is 15.5 Å². The van der Waals surface area contributed by atoms with Crippen molar-refractivity contribution in [2.75, 3.05) is 16.8 Å². The zero-order valence-corrected chi connectivity index (χ0v) is 17.0. The standard InChI is InChI=1S/C24H21N5O2/c1-28-19-9-5-3-7-17(19)21(15-10-12-26-13-11-15)27-23(24(28)31)29-18-8-4-2-6-16(18)14-20(29)22(25)30/h2-13,20,23H,14H2,1H3,(H2,25,30). The van der Waals surface area contributed by atoms with Crippen LogP contribution in [0.2, 0.25) is 0 Å². The Morgan fingerprint density at radius 3 is 2.42 bits per heavy atom. The largest absolute Gasteiger partial charge is 0.368 e. The van der Waals surface area contributed by atoms with E-state index in [4.69, 9.17) is 10.7 Å². The number of likely N-dealkylation sites (N-methyl/N-ethyl adjacent to an activating group) is 1. The number of rotatable bonds is 3. The highest BCUT2D eigenvalue weighted by molar-refractivity contribution is 6.20. The Balaban J connectivity index is 1.73. The number of carbonyl (C=O) groups excluding carboxylic acids is 2. The minimum atomic E-state index is -0.929. The topological polar surface area (TPSA) is 91.9 Å². The average molecular weight is 411 g/mol. The molecule has 2 aromatic carbocycles. The lowest BCUT2D eigenvalue weighted by molar-refractivity contribution is -0.120. The van der Waals surface area contributed by atoms with Gasteiger partial charge in [-0.1, -0.05) is 36.4 Å². The quantitative estimate of drug-likeness (QED) is 0.715. The third kappa shape index (κ3) is 3.06. The van der Waals surface area contributed by atoms with Crippen LogP contribution >= 0.6 is 0 Å².